The van der Waals surface area contributed by atoms with Crippen molar-refractivity contribution in [1.29, 1.82) is 0 Å². The smallest absolute Gasteiger partial charge is 0.169 e. The van der Waals surface area contributed by atoms with Crippen LogP contribution in [0.4, 0.5) is 0 Å². The molecule has 1 N–H and O–H groups in total. The Labute approximate surface area is 121 Å². The highest BCUT2D eigenvalue weighted by Gasteiger charge is 2.25. The van der Waals surface area contributed by atoms with E-state index in [4.69, 9.17) is 12.2 Å². The summed E-state index contributed by atoms with van der Waals surface area (Å²) in [5.41, 5.74) is 1.28. The molecule has 3 nitrogen and oxygen atoms in total. The zero-order chi connectivity index (χ0) is 13.5. The Morgan fingerprint density at radius 3 is 3.16 bits per heavy atom. The van der Waals surface area contributed by atoms with Crippen molar-refractivity contribution >= 4 is 17.3 Å². The number of pyridine rings is 1. The number of nitrogens with one attached hydrogen (secondary N) is 1. The lowest BCUT2D eigenvalue weighted by molar-refractivity contribution is 0.242. The standard InChI is InChI=1S/C15H23N3S/c1-2-3-10-17-15(19)18-11-5-4-8-14(18)13-7-6-9-16-12-13/h6-7,9,12,14H,2-5,8,10-11H2,1H3,(H,17,19)/t14-/m1/s1. The van der Waals surface area contributed by atoms with Gasteiger partial charge in [0.2, 0.25) is 0 Å². The van der Waals surface area contributed by atoms with Gasteiger partial charge in [0.1, 0.15) is 0 Å². The minimum atomic E-state index is 0.393. The maximum absolute atomic E-state index is 5.56. The Bertz CT molecular complexity index is 394. The van der Waals surface area contributed by atoms with Crippen LogP contribution in [0, 0.1) is 0 Å². The highest BCUT2D eigenvalue weighted by atomic mass is 32.1. The first-order chi connectivity index (χ1) is 9.33. The van der Waals surface area contributed by atoms with Gasteiger partial charge in [0.25, 0.3) is 0 Å². The molecular formula is C15H23N3S. The third-order valence-corrected chi connectivity index (χ3v) is 4.02. The number of piperidine rings is 1. The van der Waals surface area contributed by atoms with Crippen LogP contribution in [0.5, 0.6) is 0 Å². The van der Waals surface area contributed by atoms with Gasteiger partial charge in [-0.2, -0.15) is 0 Å². The second-order valence-corrected chi connectivity index (χ2v) is 5.46. The number of aromatic nitrogens is 1. The number of thiocarbonyl (C=S) groups is 1. The lowest BCUT2D eigenvalue weighted by atomic mass is 9.97. The van der Waals surface area contributed by atoms with E-state index in [1.54, 1.807) is 0 Å². The third kappa shape index (κ3) is 3.90. The van der Waals surface area contributed by atoms with E-state index in [1.807, 2.05) is 18.5 Å². The molecule has 2 heterocycles. The van der Waals surface area contributed by atoms with Crippen LogP contribution in [0.15, 0.2) is 24.5 Å². The quantitative estimate of drug-likeness (QED) is 0.675. The molecule has 1 saturated heterocycles. The molecule has 4 heteroatoms. The van der Waals surface area contributed by atoms with Gasteiger partial charge in [-0.3, -0.25) is 4.98 Å². The van der Waals surface area contributed by atoms with Crippen molar-refractivity contribution in [2.45, 2.75) is 45.1 Å². The molecular weight excluding hydrogens is 254 g/mol. The molecule has 0 aromatic carbocycles. The predicted molar refractivity (Wildman–Crippen MR) is 83.0 cm³/mol. The van der Waals surface area contributed by atoms with Crippen LogP contribution < -0.4 is 5.32 Å². The van der Waals surface area contributed by atoms with Crippen LogP contribution in [0.25, 0.3) is 0 Å². The third-order valence-electron chi connectivity index (χ3n) is 3.64. The highest BCUT2D eigenvalue weighted by molar-refractivity contribution is 7.80. The van der Waals surface area contributed by atoms with E-state index in [1.165, 1.54) is 37.7 Å². The van der Waals surface area contributed by atoms with Gasteiger partial charge in [-0.1, -0.05) is 19.4 Å². The van der Waals surface area contributed by atoms with Crippen LogP contribution >= 0.6 is 12.2 Å². The van der Waals surface area contributed by atoms with Crippen molar-refractivity contribution in [3.8, 4) is 0 Å². The second-order valence-electron chi connectivity index (χ2n) is 5.08. The minimum absolute atomic E-state index is 0.393. The first-order valence-electron chi connectivity index (χ1n) is 7.27. The number of likely N-dealkylation sites (tertiary alicyclic amines) is 1. The van der Waals surface area contributed by atoms with Crippen LogP contribution in [0.1, 0.15) is 50.6 Å². The first-order valence-corrected chi connectivity index (χ1v) is 7.68. The van der Waals surface area contributed by atoms with Gasteiger partial charge in [-0.05, 0) is 49.5 Å². The highest BCUT2D eigenvalue weighted by Crippen LogP contribution is 2.30. The summed E-state index contributed by atoms with van der Waals surface area (Å²) >= 11 is 5.56. The molecule has 0 radical (unpaired) electrons. The van der Waals surface area contributed by atoms with E-state index >= 15 is 0 Å². The molecule has 1 atom stereocenters. The molecule has 0 bridgehead atoms. The number of rotatable bonds is 4. The zero-order valence-corrected chi connectivity index (χ0v) is 12.5. The van der Waals surface area contributed by atoms with Crippen molar-refractivity contribution in [2.75, 3.05) is 13.1 Å². The van der Waals surface area contributed by atoms with Crippen molar-refractivity contribution < 1.29 is 0 Å². The Morgan fingerprint density at radius 1 is 1.53 bits per heavy atom. The molecule has 1 aliphatic rings. The predicted octanol–water partition coefficient (Wildman–Crippen LogP) is 3.28. The van der Waals surface area contributed by atoms with Crippen molar-refractivity contribution in [2.24, 2.45) is 0 Å². The summed E-state index contributed by atoms with van der Waals surface area (Å²) in [6.45, 7) is 4.23. The fraction of sp³-hybridized carbons (Fsp3) is 0.600. The van der Waals surface area contributed by atoms with Gasteiger partial charge in [0, 0.05) is 25.5 Å². The summed E-state index contributed by atoms with van der Waals surface area (Å²) in [5, 5.41) is 4.29. The second kappa shape index (κ2) is 7.43. The molecule has 0 saturated carbocycles. The summed E-state index contributed by atoms with van der Waals surface area (Å²) < 4.78 is 0. The molecule has 2 rings (SSSR count). The SMILES string of the molecule is CCCCNC(=S)N1CCCC[C@@H]1c1cccnc1. The van der Waals surface area contributed by atoms with E-state index in [9.17, 15) is 0 Å². The molecule has 1 fully saturated rings. The molecule has 0 amide bonds. The van der Waals surface area contributed by atoms with Crippen molar-refractivity contribution in [3.05, 3.63) is 30.1 Å². The average Bonchev–Trinajstić information content (AvgIpc) is 2.48. The summed E-state index contributed by atoms with van der Waals surface area (Å²) in [6.07, 6.45) is 9.83. The normalized spacial score (nSPS) is 19.2. The summed E-state index contributed by atoms with van der Waals surface area (Å²) in [6, 6.07) is 4.56. The minimum Gasteiger partial charge on any atom is -0.363 e. The fourth-order valence-corrected chi connectivity index (χ4v) is 2.89. The van der Waals surface area contributed by atoms with E-state index in [0.29, 0.717) is 6.04 Å². The van der Waals surface area contributed by atoms with E-state index < -0.39 is 0 Å². The first kappa shape index (κ1) is 14.3. The Kier molecular flexibility index (Phi) is 5.58. The summed E-state index contributed by atoms with van der Waals surface area (Å²) in [7, 11) is 0. The molecule has 0 aliphatic carbocycles. The van der Waals surface area contributed by atoms with Crippen molar-refractivity contribution in [3.63, 3.8) is 0 Å². The average molecular weight is 277 g/mol. The molecule has 0 spiro atoms. The molecule has 19 heavy (non-hydrogen) atoms. The molecule has 1 aromatic heterocycles. The maximum atomic E-state index is 5.56. The van der Waals surface area contributed by atoms with Crippen molar-refractivity contribution in [1.82, 2.24) is 15.2 Å². The lowest BCUT2D eigenvalue weighted by Crippen LogP contribution is -2.44. The van der Waals surface area contributed by atoms with Crippen LogP contribution in [0.2, 0.25) is 0 Å². The van der Waals surface area contributed by atoms with Crippen LogP contribution in [0.3, 0.4) is 0 Å². The van der Waals surface area contributed by atoms with Crippen LogP contribution in [-0.2, 0) is 0 Å². The molecule has 0 unspecified atom stereocenters. The zero-order valence-electron chi connectivity index (χ0n) is 11.6. The van der Waals surface area contributed by atoms with E-state index in [0.717, 1.165) is 18.2 Å². The van der Waals surface area contributed by atoms with Gasteiger partial charge >= 0.3 is 0 Å². The van der Waals surface area contributed by atoms with E-state index in [2.05, 4.69) is 28.2 Å². The van der Waals surface area contributed by atoms with Gasteiger partial charge in [0.15, 0.2) is 5.11 Å². The fourth-order valence-electron chi connectivity index (χ4n) is 2.57. The van der Waals surface area contributed by atoms with Gasteiger partial charge < -0.3 is 10.2 Å². The molecule has 1 aliphatic heterocycles. The number of nitrogens with zero attached hydrogens (tertiary/aromatic N) is 2. The number of hydrogen-bond donors (Lipinski definition) is 1. The largest absolute Gasteiger partial charge is 0.363 e. The Hall–Kier alpha value is -1.16. The number of hydrogen-bond acceptors (Lipinski definition) is 2. The van der Waals surface area contributed by atoms with Crippen LogP contribution in [-0.4, -0.2) is 28.1 Å². The monoisotopic (exact) mass is 277 g/mol. The number of unbranched alkanes of at least 4 members (excludes halogenated alkanes) is 1. The van der Waals surface area contributed by atoms with Gasteiger partial charge in [-0.25, -0.2) is 0 Å². The van der Waals surface area contributed by atoms with Gasteiger partial charge in [-0.15, -0.1) is 0 Å². The van der Waals surface area contributed by atoms with E-state index in [-0.39, 0.29) is 0 Å². The summed E-state index contributed by atoms with van der Waals surface area (Å²) in [4.78, 5) is 6.58. The Morgan fingerprint density at radius 2 is 2.42 bits per heavy atom. The summed E-state index contributed by atoms with van der Waals surface area (Å²) in [5.74, 6) is 0. The van der Waals surface area contributed by atoms with Gasteiger partial charge in [0.05, 0.1) is 6.04 Å². The Balaban J connectivity index is 2.01. The maximum Gasteiger partial charge on any atom is 0.169 e. The lowest BCUT2D eigenvalue weighted by Gasteiger charge is -2.37. The molecule has 104 valence electrons. The topological polar surface area (TPSA) is 28.2 Å². The molecule has 1 aromatic rings.